The Balaban J connectivity index is 2.10. The van der Waals surface area contributed by atoms with Crippen LogP contribution in [-0.4, -0.2) is 23.4 Å². The number of benzene rings is 1. The van der Waals surface area contributed by atoms with E-state index in [0.29, 0.717) is 0 Å². The predicted molar refractivity (Wildman–Crippen MR) is 54.9 cm³/mol. The number of carbonyl (C=O) groups excluding carboxylic acids is 2. The molecule has 0 saturated carbocycles. The van der Waals surface area contributed by atoms with E-state index in [9.17, 15) is 18.4 Å². The Kier molecular flexibility index (Phi) is 3.03. The summed E-state index contributed by atoms with van der Waals surface area (Å²) in [5.74, 6) is -1.70. The standard InChI is InChI=1S/C11H10F2N2O2/c12-8-2-1-7(9(13)5-8)6-15-4-3-10(16)14-11(15)17/h1-2,5H,3-4,6H2,(H,14,16,17). The van der Waals surface area contributed by atoms with Gasteiger partial charge in [-0.3, -0.25) is 10.1 Å². The highest BCUT2D eigenvalue weighted by Crippen LogP contribution is 2.13. The minimum atomic E-state index is -0.699. The van der Waals surface area contributed by atoms with Crippen LogP contribution >= 0.6 is 0 Å². The van der Waals surface area contributed by atoms with E-state index in [0.717, 1.165) is 12.1 Å². The third-order valence-electron chi connectivity index (χ3n) is 2.52. The Hall–Kier alpha value is -1.98. The fourth-order valence-electron chi connectivity index (χ4n) is 1.61. The van der Waals surface area contributed by atoms with Crippen LogP contribution in [0.2, 0.25) is 0 Å². The van der Waals surface area contributed by atoms with Gasteiger partial charge in [0.25, 0.3) is 0 Å². The lowest BCUT2D eigenvalue weighted by Crippen LogP contribution is -2.48. The molecule has 1 aromatic rings. The molecule has 0 aliphatic carbocycles. The molecule has 90 valence electrons. The monoisotopic (exact) mass is 240 g/mol. The van der Waals surface area contributed by atoms with Crippen molar-refractivity contribution < 1.29 is 18.4 Å². The Morgan fingerprint density at radius 3 is 2.71 bits per heavy atom. The Bertz CT molecular complexity index is 477. The molecule has 3 amide bonds. The molecule has 1 aliphatic heterocycles. The van der Waals surface area contributed by atoms with Crippen molar-refractivity contribution >= 4 is 11.9 Å². The lowest BCUT2D eigenvalue weighted by molar-refractivity contribution is -0.121. The Labute approximate surface area is 96.2 Å². The molecule has 0 bridgehead atoms. The van der Waals surface area contributed by atoms with Gasteiger partial charge in [0.1, 0.15) is 11.6 Å². The van der Waals surface area contributed by atoms with Crippen LogP contribution in [0.4, 0.5) is 13.6 Å². The Morgan fingerprint density at radius 2 is 2.06 bits per heavy atom. The second-order valence-electron chi connectivity index (χ2n) is 3.76. The van der Waals surface area contributed by atoms with Crippen molar-refractivity contribution in [3.63, 3.8) is 0 Å². The van der Waals surface area contributed by atoms with Gasteiger partial charge in [-0.15, -0.1) is 0 Å². The summed E-state index contributed by atoms with van der Waals surface area (Å²) in [5.41, 5.74) is 0.218. The van der Waals surface area contributed by atoms with E-state index in [2.05, 4.69) is 5.32 Å². The molecule has 1 heterocycles. The highest BCUT2D eigenvalue weighted by molar-refractivity contribution is 5.96. The highest BCUT2D eigenvalue weighted by Gasteiger charge is 2.23. The number of amides is 3. The fraction of sp³-hybridized carbons (Fsp3) is 0.273. The van der Waals surface area contributed by atoms with Crippen LogP contribution in [0, 0.1) is 11.6 Å². The van der Waals surface area contributed by atoms with Gasteiger partial charge in [-0.2, -0.15) is 0 Å². The third-order valence-corrected chi connectivity index (χ3v) is 2.52. The van der Waals surface area contributed by atoms with Crippen LogP contribution in [0.15, 0.2) is 18.2 Å². The van der Waals surface area contributed by atoms with Crippen LogP contribution in [0.3, 0.4) is 0 Å². The van der Waals surface area contributed by atoms with Crippen molar-refractivity contribution in [3.05, 3.63) is 35.4 Å². The first-order valence-electron chi connectivity index (χ1n) is 5.09. The second-order valence-corrected chi connectivity index (χ2v) is 3.76. The summed E-state index contributed by atoms with van der Waals surface area (Å²) < 4.78 is 26.0. The van der Waals surface area contributed by atoms with E-state index in [1.807, 2.05) is 0 Å². The quantitative estimate of drug-likeness (QED) is 0.849. The fourth-order valence-corrected chi connectivity index (χ4v) is 1.61. The number of halogens is 2. The maximum atomic E-state index is 13.3. The summed E-state index contributed by atoms with van der Waals surface area (Å²) >= 11 is 0. The van der Waals surface area contributed by atoms with Crippen LogP contribution in [0.1, 0.15) is 12.0 Å². The van der Waals surface area contributed by atoms with E-state index < -0.39 is 17.7 Å². The van der Waals surface area contributed by atoms with Crippen molar-refractivity contribution in [2.75, 3.05) is 6.54 Å². The number of hydrogen-bond acceptors (Lipinski definition) is 2. The van der Waals surface area contributed by atoms with E-state index >= 15 is 0 Å². The molecule has 0 radical (unpaired) electrons. The minimum Gasteiger partial charge on any atom is -0.320 e. The first-order chi connectivity index (χ1) is 8.06. The zero-order valence-corrected chi connectivity index (χ0v) is 8.87. The van der Waals surface area contributed by atoms with E-state index in [1.165, 1.54) is 11.0 Å². The topological polar surface area (TPSA) is 49.4 Å². The van der Waals surface area contributed by atoms with Gasteiger partial charge in [-0.1, -0.05) is 6.07 Å². The molecular weight excluding hydrogens is 230 g/mol. The first-order valence-corrected chi connectivity index (χ1v) is 5.09. The summed E-state index contributed by atoms with van der Waals surface area (Å²) in [7, 11) is 0. The molecule has 1 aromatic carbocycles. The second kappa shape index (κ2) is 4.48. The van der Waals surface area contributed by atoms with Crippen LogP contribution in [0.5, 0.6) is 0 Å². The summed E-state index contributed by atoms with van der Waals surface area (Å²) in [6.45, 7) is 0.257. The van der Waals surface area contributed by atoms with Gasteiger partial charge >= 0.3 is 6.03 Å². The summed E-state index contributed by atoms with van der Waals surface area (Å²) in [6, 6.07) is 2.63. The summed E-state index contributed by atoms with van der Waals surface area (Å²) in [4.78, 5) is 23.6. The molecule has 1 fully saturated rings. The molecule has 4 nitrogen and oxygen atoms in total. The van der Waals surface area contributed by atoms with Gasteiger partial charge in [-0.25, -0.2) is 13.6 Å². The lowest BCUT2D eigenvalue weighted by atomic mass is 10.2. The van der Waals surface area contributed by atoms with E-state index in [4.69, 9.17) is 0 Å². The number of urea groups is 1. The molecule has 17 heavy (non-hydrogen) atoms. The molecule has 0 atom stereocenters. The maximum absolute atomic E-state index is 13.3. The summed E-state index contributed by atoms with van der Waals surface area (Å²) in [5, 5.41) is 2.13. The lowest BCUT2D eigenvalue weighted by Gasteiger charge is -2.26. The van der Waals surface area contributed by atoms with Gasteiger partial charge < -0.3 is 4.90 Å². The van der Waals surface area contributed by atoms with E-state index in [-0.39, 0.29) is 31.0 Å². The van der Waals surface area contributed by atoms with Gasteiger partial charge in [-0.05, 0) is 6.07 Å². The molecule has 6 heteroatoms. The van der Waals surface area contributed by atoms with Gasteiger partial charge in [0.15, 0.2) is 0 Å². The van der Waals surface area contributed by atoms with Crippen molar-refractivity contribution in [1.82, 2.24) is 10.2 Å². The molecule has 0 spiro atoms. The van der Waals surface area contributed by atoms with Gasteiger partial charge in [0.05, 0.1) is 6.54 Å². The number of imide groups is 1. The van der Waals surface area contributed by atoms with Crippen LogP contribution in [0.25, 0.3) is 0 Å². The normalized spacial score (nSPS) is 16.0. The predicted octanol–water partition coefficient (Wildman–Crippen LogP) is 1.41. The van der Waals surface area contributed by atoms with Crippen molar-refractivity contribution in [3.8, 4) is 0 Å². The zero-order chi connectivity index (χ0) is 12.4. The molecule has 0 unspecified atom stereocenters. The maximum Gasteiger partial charge on any atom is 0.324 e. The number of nitrogens with zero attached hydrogens (tertiary/aromatic N) is 1. The number of nitrogens with one attached hydrogen (secondary N) is 1. The number of carbonyl (C=O) groups is 2. The van der Waals surface area contributed by atoms with Gasteiger partial charge in [0.2, 0.25) is 5.91 Å². The smallest absolute Gasteiger partial charge is 0.320 e. The average molecular weight is 240 g/mol. The molecule has 1 N–H and O–H groups in total. The molecule has 1 aliphatic rings. The van der Waals surface area contributed by atoms with Crippen LogP contribution < -0.4 is 5.32 Å². The molecular formula is C11H10F2N2O2. The third kappa shape index (κ3) is 2.58. The SMILES string of the molecule is O=C1CCN(Cc2ccc(F)cc2F)C(=O)N1. The average Bonchev–Trinajstić information content (AvgIpc) is 2.25. The molecule has 0 aromatic heterocycles. The zero-order valence-electron chi connectivity index (χ0n) is 8.87. The number of hydrogen-bond donors (Lipinski definition) is 1. The Morgan fingerprint density at radius 1 is 1.29 bits per heavy atom. The first kappa shape index (κ1) is 11.5. The van der Waals surface area contributed by atoms with Crippen LogP contribution in [-0.2, 0) is 11.3 Å². The molecule has 1 saturated heterocycles. The van der Waals surface area contributed by atoms with E-state index in [1.54, 1.807) is 0 Å². The van der Waals surface area contributed by atoms with Crippen molar-refractivity contribution in [2.45, 2.75) is 13.0 Å². The van der Waals surface area contributed by atoms with Gasteiger partial charge in [0, 0.05) is 24.6 Å². The highest BCUT2D eigenvalue weighted by atomic mass is 19.1. The molecule has 2 rings (SSSR count). The summed E-state index contributed by atoms with van der Waals surface area (Å²) in [6.07, 6.45) is 0.189. The minimum absolute atomic E-state index is 0.0191. The number of rotatable bonds is 2. The largest absolute Gasteiger partial charge is 0.324 e. The van der Waals surface area contributed by atoms with Crippen molar-refractivity contribution in [2.24, 2.45) is 0 Å². The van der Waals surface area contributed by atoms with Crippen molar-refractivity contribution in [1.29, 1.82) is 0 Å².